The van der Waals surface area contributed by atoms with E-state index in [1.807, 2.05) is 0 Å². The van der Waals surface area contributed by atoms with Crippen LogP contribution < -0.4 is 10.4 Å². The van der Waals surface area contributed by atoms with Crippen molar-refractivity contribution in [2.45, 2.75) is 24.7 Å². The summed E-state index contributed by atoms with van der Waals surface area (Å²) in [5, 5.41) is 5.84. The molecule has 0 radical (unpaired) electrons. The van der Waals surface area contributed by atoms with Crippen molar-refractivity contribution in [3.05, 3.63) is 118 Å². The Hall–Kier alpha value is -3.64. The van der Waals surface area contributed by atoms with Crippen molar-refractivity contribution < 1.29 is 0 Å². The summed E-state index contributed by atoms with van der Waals surface area (Å²) in [7, 11) is 0. The molecule has 0 aromatic heterocycles. The van der Waals surface area contributed by atoms with Gasteiger partial charge >= 0.3 is 0 Å². The molecule has 0 nitrogen and oxygen atoms in total. The first kappa shape index (κ1) is 17.0. The van der Waals surface area contributed by atoms with Gasteiger partial charge < -0.3 is 0 Å². The fourth-order valence-electron chi connectivity index (χ4n) is 6.91. The van der Waals surface area contributed by atoms with Crippen molar-refractivity contribution in [1.29, 1.82) is 0 Å². The van der Waals surface area contributed by atoms with E-state index in [-0.39, 0.29) is 0 Å². The van der Waals surface area contributed by atoms with E-state index in [0.717, 1.165) is 12.8 Å². The highest BCUT2D eigenvalue weighted by Crippen LogP contribution is 2.58. The molecule has 2 unspecified atom stereocenters. The number of benzene rings is 4. The standard InChI is InChI=1S/C32H22/c1-2-9-20(10-3-1)28-26-18-8-15-22-21-13-4-5-14-23(21)30(29(22)26)32-25-17-7-12-19-11-6-16-24(27(19)25)31(28)32/h1-5,7-15,17-18,21,23H,6,16H2. The first-order valence-electron chi connectivity index (χ1n) is 11.8. The summed E-state index contributed by atoms with van der Waals surface area (Å²) in [5.74, 6) is 0.875. The van der Waals surface area contributed by atoms with Crippen molar-refractivity contribution >= 4 is 22.4 Å². The summed E-state index contributed by atoms with van der Waals surface area (Å²) in [4.78, 5) is 0. The lowest BCUT2D eigenvalue weighted by molar-refractivity contribution is 0.770. The molecule has 0 aliphatic heterocycles. The Labute approximate surface area is 187 Å². The molecule has 0 bridgehead atoms. The lowest BCUT2D eigenvalue weighted by Gasteiger charge is -2.22. The van der Waals surface area contributed by atoms with Gasteiger partial charge in [-0.15, -0.1) is 0 Å². The molecule has 0 heterocycles. The molecule has 8 rings (SSSR count). The molecular weight excluding hydrogens is 384 g/mol. The van der Waals surface area contributed by atoms with Crippen LogP contribution in [0.2, 0.25) is 0 Å². The molecule has 0 spiro atoms. The number of rotatable bonds is 1. The van der Waals surface area contributed by atoms with Crippen molar-refractivity contribution in [3.8, 4) is 22.3 Å². The van der Waals surface area contributed by atoms with E-state index in [1.54, 1.807) is 11.1 Å². The minimum absolute atomic E-state index is 0.430. The maximum atomic E-state index is 2.44. The molecule has 0 amide bonds. The maximum Gasteiger partial charge on any atom is 0.0138 e. The zero-order chi connectivity index (χ0) is 20.8. The summed E-state index contributed by atoms with van der Waals surface area (Å²) in [6.07, 6.45) is 14.0. The van der Waals surface area contributed by atoms with Crippen molar-refractivity contribution in [2.75, 3.05) is 0 Å². The molecule has 2 atom stereocenters. The molecule has 32 heavy (non-hydrogen) atoms. The molecule has 0 saturated carbocycles. The second-order valence-electron chi connectivity index (χ2n) is 9.49. The third kappa shape index (κ3) is 1.95. The van der Waals surface area contributed by atoms with E-state index in [4.69, 9.17) is 0 Å². The summed E-state index contributed by atoms with van der Waals surface area (Å²) < 4.78 is 0. The van der Waals surface area contributed by atoms with E-state index in [1.165, 1.54) is 54.6 Å². The van der Waals surface area contributed by atoms with E-state index >= 15 is 0 Å². The average molecular weight is 407 g/mol. The fraction of sp³-hybridized carbons (Fsp3) is 0.125. The van der Waals surface area contributed by atoms with Crippen LogP contribution in [0.3, 0.4) is 0 Å². The van der Waals surface area contributed by atoms with Crippen LogP contribution >= 0.6 is 0 Å². The Morgan fingerprint density at radius 3 is 2.44 bits per heavy atom. The lowest BCUT2D eigenvalue weighted by Crippen LogP contribution is -2.28. The van der Waals surface area contributed by atoms with Crippen LogP contribution in [0.25, 0.3) is 44.7 Å². The Morgan fingerprint density at radius 2 is 1.53 bits per heavy atom. The average Bonchev–Trinajstić information content (AvgIpc) is 3.36. The molecule has 0 N–H and O–H groups in total. The highest BCUT2D eigenvalue weighted by molar-refractivity contribution is 6.14. The van der Waals surface area contributed by atoms with Gasteiger partial charge in [0.05, 0.1) is 0 Å². The first-order valence-corrected chi connectivity index (χ1v) is 11.8. The minimum Gasteiger partial charge on any atom is -0.0763 e. The van der Waals surface area contributed by atoms with Crippen molar-refractivity contribution in [2.24, 2.45) is 0 Å². The lowest BCUT2D eigenvalue weighted by atomic mass is 9.80. The first-order chi connectivity index (χ1) is 15.9. The summed E-state index contributed by atoms with van der Waals surface area (Å²) in [6.45, 7) is 0. The van der Waals surface area contributed by atoms with Gasteiger partial charge in [-0.1, -0.05) is 97.1 Å². The van der Waals surface area contributed by atoms with Gasteiger partial charge in [-0.05, 0) is 78.6 Å². The quantitative estimate of drug-likeness (QED) is 0.335. The van der Waals surface area contributed by atoms with Gasteiger partial charge in [0, 0.05) is 11.8 Å². The van der Waals surface area contributed by atoms with Crippen LogP contribution in [0, 0.1) is 0 Å². The van der Waals surface area contributed by atoms with Gasteiger partial charge in [-0.2, -0.15) is 0 Å². The van der Waals surface area contributed by atoms with E-state index in [2.05, 4.69) is 97.1 Å². The Morgan fingerprint density at radius 1 is 0.688 bits per heavy atom. The topological polar surface area (TPSA) is 0 Å². The van der Waals surface area contributed by atoms with Gasteiger partial charge in [0.1, 0.15) is 0 Å². The van der Waals surface area contributed by atoms with E-state index in [0.29, 0.717) is 11.8 Å². The Kier molecular flexibility index (Phi) is 3.18. The van der Waals surface area contributed by atoms with Crippen LogP contribution in [0.1, 0.15) is 41.4 Å². The van der Waals surface area contributed by atoms with Gasteiger partial charge in [-0.25, -0.2) is 0 Å². The Balaban J connectivity index is 1.65. The monoisotopic (exact) mass is 406 g/mol. The molecule has 4 aliphatic carbocycles. The fourth-order valence-corrected chi connectivity index (χ4v) is 6.91. The molecule has 4 aliphatic rings. The van der Waals surface area contributed by atoms with Crippen LogP contribution in [-0.2, 0) is 0 Å². The van der Waals surface area contributed by atoms with Gasteiger partial charge in [0.25, 0.3) is 0 Å². The largest absolute Gasteiger partial charge is 0.0763 e. The van der Waals surface area contributed by atoms with Crippen molar-refractivity contribution in [1.82, 2.24) is 0 Å². The normalized spacial score (nSPS) is 20.8. The Bertz CT molecular complexity index is 1660. The number of hydrogen-bond donors (Lipinski definition) is 0. The molecule has 0 saturated heterocycles. The molecular formula is C32H22. The molecule has 0 heteroatoms. The second kappa shape index (κ2) is 5.99. The van der Waals surface area contributed by atoms with Gasteiger partial charge in [-0.3, -0.25) is 0 Å². The molecule has 0 fully saturated rings. The van der Waals surface area contributed by atoms with Crippen LogP contribution in [0.4, 0.5) is 0 Å². The van der Waals surface area contributed by atoms with Crippen LogP contribution in [-0.4, -0.2) is 0 Å². The van der Waals surface area contributed by atoms with Gasteiger partial charge in [0.15, 0.2) is 0 Å². The van der Waals surface area contributed by atoms with E-state index < -0.39 is 0 Å². The molecule has 4 aromatic carbocycles. The highest BCUT2D eigenvalue weighted by Gasteiger charge is 2.39. The van der Waals surface area contributed by atoms with Crippen molar-refractivity contribution in [3.63, 3.8) is 0 Å². The molecule has 4 aromatic rings. The third-order valence-corrected chi connectivity index (χ3v) is 8.02. The smallest absolute Gasteiger partial charge is 0.0138 e. The predicted octanol–water partition coefficient (Wildman–Crippen LogP) is 6.57. The third-order valence-electron chi connectivity index (χ3n) is 8.02. The zero-order valence-corrected chi connectivity index (χ0v) is 17.8. The summed E-state index contributed by atoms with van der Waals surface area (Å²) in [6, 6.07) is 25.0. The maximum absolute atomic E-state index is 2.44. The SMILES string of the molecule is C1=CC2c3cccc4c(-c5ccccc5)c5c(c(c34)C2C=C1)-c1cccc2c1=C5CCC=2. The van der Waals surface area contributed by atoms with Gasteiger partial charge in [0.2, 0.25) is 0 Å². The summed E-state index contributed by atoms with van der Waals surface area (Å²) >= 11 is 0. The number of allylic oxidation sites excluding steroid dienone is 4. The number of fused-ring (bicyclic) bond motifs is 7. The van der Waals surface area contributed by atoms with Crippen LogP contribution in [0.15, 0.2) is 91.0 Å². The minimum atomic E-state index is 0.430. The molecule has 150 valence electrons. The highest BCUT2D eigenvalue weighted by atomic mass is 14.4. The second-order valence-corrected chi connectivity index (χ2v) is 9.49. The zero-order valence-electron chi connectivity index (χ0n) is 17.8. The predicted molar refractivity (Wildman–Crippen MR) is 134 cm³/mol. The number of hydrogen-bond acceptors (Lipinski definition) is 0. The van der Waals surface area contributed by atoms with Crippen LogP contribution in [0.5, 0.6) is 0 Å². The summed E-state index contributed by atoms with van der Waals surface area (Å²) in [5.41, 5.74) is 11.9. The van der Waals surface area contributed by atoms with E-state index in [9.17, 15) is 0 Å².